The minimum Gasteiger partial charge on any atom is -0.309 e. The fourth-order valence-electron chi connectivity index (χ4n) is 7.25. The summed E-state index contributed by atoms with van der Waals surface area (Å²) >= 11 is 0. The van der Waals surface area contributed by atoms with Crippen LogP contribution in [-0.2, 0) is 0 Å². The summed E-state index contributed by atoms with van der Waals surface area (Å²) in [6.45, 7) is 2.13. The highest BCUT2D eigenvalue weighted by Crippen LogP contribution is 2.51. The van der Waals surface area contributed by atoms with Crippen LogP contribution >= 0.6 is 0 Å². The van der Waals surface area contributed by atoms with Crippen molar-refractivity contribution in [2.24, 2.45) is 10.9 Å². The molecule has 0 saturated heterocycles. The molecule has 0 spiro atoms. The Labute approximate surface area is 233 Å². The molecule has 40 heavy (non-hydrogen) atoms. The van der Waals surface area contributed by atoms with E-state index in [2.05, 4.69) is 133 Å². The van der Waals surface area contributed by atoms with Crippen LogP contribution in [-0.4, -0.2) is 16.8 Å². The first kappa shape index (κ1) is 21.9. The maximum atomic E-state index is 4.95. The summed E-state index contributed by atoms with van der Waals surface area (Å²) in [5.74, 6) is 0.251. The molecule has 0 amide bonds. The maximum absolute atomic E-state index is 4.95. The highest BCUT2D eigenvalue weighted by molar-refractivity contribution is 6.10. The first-order valence-corrected chi connectivity index (χ1v) is 14.0. The van der Waals surface area contributed by atoms with Gasteiger partial charge in [-0.2, -0.15) is 0 Å². The van der Waals surface area contributed by atoms with Crippen molar-refractivity contribution in [3.8, 4) is 5.69 Å². The molecule has 3 aromatic carbocycles. The third-order valence-electron chi connectivity index (χ3n) is 8.96. The highest BCUT2D eigenvalue weighted by Gasteiger charge is 2.39. The van der Waals surface area contributed by atoms with Gasteiger partial charge in [0.1, 0.15) is 6.04 Å². The van der Waals surface area contributed by atoms with E-state index < -0.39 is 0 Å². The van der Waals surface area contributed by atoms with Crippen LogP contribution in [0.25, 0.3) is 33.1 Å². The molecule has 2 atom stereocenters. The third-order valence-corrected chi connectivity index (χ3v) is 8.96. The first-order valence-electron chi connectivity index (χ1n) is 14.0. The molecule has 9 rings (SSSR count). The minimum atomic E-state index is 0.0998. The topological polar surface area (TPSA) is 17.3 Å². The Morgan fingerprint density at radius 3 is 2.50 bits per heavy atom. The molecule has 0 radical (unpaired) electrons. The lowest BCUT2D eigenvalue weighted by atomic mass is 9.65. The van der Waals surface area contributed by atoms with E-state index in [4.69, 9.17) is 4.99 Å². The summed E-state index contributed by atoms with van der Waals surface area (Å²) in [4.78, 5) is 4.95. The largest absolute Gasteiger partial charge is 0.309 e. The summed E-state index contributed by atoms with van der Waals surface area (Å²) in [6.07, 6.45) is 20.6. The number of rotatable bonds is 2. The molecule has 2 heterocycles. The zero-order chi connectivity index (χ0) is 26.4. The number of allylic oxidation sites excluding steroid dienone is 12. The molecule has 1 aliphatic heterocycles. The van der Waals surface area contributed by atoms with Crippen molar-refractivity contribution in [2.75, 3.05) is 0 Å². The second-order valence-electron chi connectivity index (χ2n) is 11.3. The SMILES string of the molecule is CC1=CC2=CC3=C4C(=CC=C5C=CC(c6ccc7c(c6)c6ccccc6n7-c6ccccc6)=C(C=C3)C54)C2N=C1. The van der Waals surface area contributed by atoms with Gasteiger partial charge in [-0.1, -0.05) is 85.0 Å². The third kappa shape index (κ3) is 2.96. The summed E-state index contributed by atoms with van der Waals surface area (Å²) < 4.78 is 2.38. The number of aliphatic imine (C=N–C) groups is 1. The van der Waals surface area contributed by atoms with Crippen molar-refractivity contribution in [3.63, 3.8) is 0 Å². The average molecular weight is 511 g/mol. The van der Waals surface area contributed by atoms with E-state index in [1.54, 1.807) is 0 Å². The Hall–Kier alpha value is -4.95. The smallest absolute Gasteiger partial charge is 0.100 e. The van der Waals surface area contributed by atoms with Gasteiger partial charge in [0, 0.05) is 28.6 Å². The van der Waals surface area contributed by atoms with Gasteiger partial charge in [0.2, 0.25) is 0 Å². The van der Waals surface area contributed by atoms with E-state index in [0.717, 1.165) is 0 Å². The molecule has 1 aromatic heterocycles. The first-order chi connectivity index (χ1) is 19.7. The minimum absolute atomic E-state index is 0.0998. The van der Waals surface area contributed by atoms with Gasteiger partial charge in [-0.05, 0) is 93.5 Å². The number of aromatic nitrogens is 1. The molecule has 0 N–H and O–H groups in total. The van der Waals surface area contributed by atoms with Crippen LogP contribution in [0.4, 0.5) is 0 Å². The van der Waals surface area contributed by atoms with Gasteiger partial charge in [0.05, 0.1) is 11.0 Å². The number of hydrogen-bond donors (Lipinski definition) is 0. The predicted molar refractivity (Wildman–Crippen MR) is 167 cm³/mol. The van der Waals surface area contributed by atoms with Crippen LogP contribution in [0.3, 0.4) is 0 Å². The van der Waals surface area contributed by atoms with Gasteiger partial charge in [-0.3, -0.25) is 4.99 Å². The molecular formula is C38H26N2. The number of fused-ring (bicyclic) bond motifs is 5. The Bertz CT molecular complexity index is 2090. The monoisotopic (exact) mass is 510 g/mol. The Balaban J connectivity index is 1.23. The van der Waals surface area contributed by atoms with Gasteiger partial charge in [0.15, 0.2) is 0 Å². The summed E-state index contributed by atoms with van der Waals surface area (Å²) in [6, 6.07) is 26.5. The fourth-order valence-corrected chi connectivity index (χ4v) is 7.25. The molecule has 4 aliphatic carbocycles. The second kappa shape index (κ2) is 8.03. The van der Waals surface area contributed by atoms with Crippen molar-refractivity contribution in [2.45, 2.75) is 13.0 Å². The summed E-state index contributed by atoms with van der Waals surface area (Å²) in [5, 5.41) is 2.57. The zero-order valence-corrected chi connectivity index (χ0v) is 22.2. The molecule has 0 bridgehead atoms. The normalized spacial score (nSPS) is 22.2. The van der Waals surface area contributed by atoms with Gasteiger partial charge in [0.25, 0.3) is 0 Å². The Morgan fingerprint density at radius 2 is 1.57 bits per heavy atom. The molecule has 2 unspecified atom stereocenters. The molecule has 4 aromatic rings. The number of benzene rings is 3. The van der Waals surface area contributed by atoms with Crippen molar-refractivity contribution in [3.05, 3.63) is 166 Å². The fraction of sp³-hybridized carbons (Fsp3) is 0.0789. The van der Waals surface area contributed by atoms with Crippen LogP contribution in [0.1, 0.15) is 12.5 Å². The molecule has 188 valence electrons. The van der Waals surface area contributed by atoms with Gasteiger partial charge < -0.3 is 4.57 Å². The van der Waals surface area contributed by atoms with Gasteiger partial charge in [-0.25, -0.2) is 0 Å². The number of hydrogen-bond acceptors (Lipinski definition) is 1. The number of dihydropyridines is 1. The second-order valence-corrected chi connectivity index (χ2v) is 11.3. The van der Waals surface area contributed by atoms with Crippen molar-refractivity contribution in [1.29, 1.82) is 0 Å². The quantitative estimate of drug-likeness (QED) is 0.256. The predicted octanol–water partition coefficient (Wildman–Crippen LogP) is 8.80. The lowest BCUT2D eigenvalue weighted by Crippen LogP contribution is -2.29. The molecule has 0 fully saturated rings. The summed E-state index contributed by atoms with van der Waals surface area (Å²) in [5.41, 5.74) is 15.6. The maximum Gasteiger partial charge on any atom is 0.100 e. The van der Waals surface area contributed by atoms with E-state index >= 15 is 0 Å². The molecule has 0 saturated carbocycles. The van der Waals surface area contributed by atoms with Gasteiger partial charge >= 0.3 is 0 Å². The van der Waals surface area contributed by atoms with Crippen molar-refractivity contribution >= 4 is 33.6 Å². The number of para-hydroxylation sites is 2. The molecule has 2 heteroatoms. The lowest BCUT2D eigenvalue weighted by Gasteiger charge is -2.40. The van der Waals surface area contributed by atoms with E-state index in [0.29, 0.717) is 0 Å². The zero-order valence-electron chi connectivity index (χ0n) is 22.2. The van der Waals surface area contributed by atoms with Crippen LogP contribution in [0.5, 0.6) is 0 Å². The molecule has 2 nitrogen and oxygen atoms in total. The van der Waals surface area contributed by atoms with Gasteiger partial charge in [-0.15, -0.1) is 0 Å². The standard InChI is InChI=1S/C38H26N2/c1-23-19-27-20-26-13-16-31-29(15-11-24-12-17-32(37(26)36(24)31)38(27)39-22-23)25-14-18-35-33(21-25)30-9-5-6-10-34(30)40(35)28-7-3-2-4-8-28/h2-22,36,38H,1H3. The van der Waals surface area contributed by atoms with Crippen LogP contribution in [0.2, 0.25) is 0 Å². The summed E-state index contributed by atoms with van der Waals surface area (Å²) in [7, 11) is 0. The number of nitrogens with zero attached hydrogens (tertiary/aromatic N) is 2. The van der Waals surface area contributed by atoms with Crippen LogP contribution in [0, 0.1) is 5.92 Å². The van der Waals surface area contributed by atoms with E-state index in [-0.39, 0.29) is 12.0 Å². The van der Waals surface area contributed by atoms with E-state index in [9.17, 15) is 0 Å². The van der Waals surface area contributed by atoms with Crippen molar-refractivity contribution in [1.82, 2.24) is 4.57 Å². The Kier molecular flexibility index (Phi) is 4.40. The van der Waals surface area contributed by atoms with Crippen LogP contribution in [0.15, 0.2) is 165 Å². The van der Waals surface area contributed by atoms with Crippen LogP contribution < -0.4 is 0 Å². The van der Waals surface area contributed by atoms with E-state index in [1.165, 1.54) is 77.6 Å². The van der Waals surface area contributed by atoms with E-state index in [1.807, 2.05) is 6.21 Å². The highest BCUT2D eigenvalue weighted by atomic mass is 15.0. The molecule has 5 aliphatic rings. The Morgan fingerprint density at radius 1 is 0.725 bits per heavy atom. The molecular weight excluding hydrogens is 484 g/mol. The lowest BCUT2D eigenvalue weighted by molar-refractivity contribution is 0.784. The average Bonchev–Trinajstić information content (AvgIpc) is 3.33. The van der Waals surface area contributed by atoms with Crippen molar-refractivity contribution < 1.29 is 0 Å².